The number of rotatable bonds is 3. The molecule has 3 rings (SSSR count). The van der Waals surface area contributed by atoms with Crippen LogP contribution < -0.4 is 15.2 Å². The number of fused-ring (bicyclic) bond motifs is 1. The van der Waals surface area contributed by atoms with Crippen LogP contribution in [-0.2, 0) is 11.3 Å². The minimum Gasteiger partial charge on any atom is -0.486 e. The summed E-state index contributed by atoms with van der Waals surface area (Å²) >= 11 is 0. The Hall–Kier alpha value is -1.46. The Balaban J connectivity index is 1.80. The number of ether oxygens (including phenoxy) is 3. The van der Waals surface area contributed by atoms with Crippen molar-refractivity contribution < 1.29 is 14.2 Å². The fraction of sp³-hybridized carbons (Fsp3) is 0.625. The molecule has 5 heteroatoms. The summed E-state index contributed by atoms with van der Waals surface area (Å²) in [7, 11) is 0. The molecule has 0 radical (unpaired) electrons. The predicted molar refractivity (Wildman–Crippen MR) is 81.7 cm³/mol. The molecule has 1 aromatic carbocycles. The fourth-order valence-corrected chi connectivity index (χ4v) is 2.98. The maximum absolute atomic E-state index is 6.19. The van der Waals surface area contributed by atoms with E-state index in [4.69, 9.17) is 19.9 Å². The van der Waals surface area contributed by atoms with Crippen molar-refractivity contribution in [2.24, 2.45) is 0 Å². The van der Waals surface area contributed by atoms with Gasteiger partial charge in [-0.2, -0.15) is 0 Å². The van der Waals surface area contributed by atoms with Gasteiger partial charge in [-0.3, -0.25) is 4.90 Å². The number of morpholine rings is 1. The van der Waals surface area contributed by atoms with Crippen molar-refractivity contribution in [2.75, 3.05) is 32.1 Å². The minimum absolute atomic E-state index is 0.270. The largest absolute Gasteiger partial charge is 0.486 e. The second-order valence-electron chi connectivity index (χ2n) is 5.83. The number of nitrogens with zero attached hydrogens (tertiary/aromatic N) is 1. The monoisotopic (exact) mass is 292 g/mol. The van der Waals surface area contributed by atoms with E-state index in [9.17, 15) is 0 Å². The lowest BCUT2D eigenvalue weighted by molar-refractivity contribution is -0.0591. The number of hydrogen-bond acceptors (Lipinski definition) is 5. The van der Waals surface area contributed by atoms with Gasteiger partial charge in [0.1, 0.15) is 13.2 Å². The molecule has 2 aliphatic rings. The average molecular weight is 292 g/mol. The van der Waals surface area contributed by atoms with E-state index in [1.165, 1.54) is 0 Å². The topological polar surface area (TPSA) is 57.0 Å². The zero-order chi connectivity index (χ0) is 14.8. The zero-order valence-corrected chi connectivity index (χ0v) is 12.8. The first-order valence-electron chi connectivity index (χ1n) is 7.71. The molecule has 0 bridgehead atoms. The molecular formula is C16H24N2O3. The summed E-state index contributed by atoms with van der Waals surface area (Å²) in [5.41, 5.74) is 8.06. The quantitative estimate of drug-likeness (QED) is 0.864. The van der Waals surface area contributed by atoms with Crippen LogP contribution in [0, 0.1) is 0 Å². The lowest BCUT2D eigenvalue weighted by atomic mass is 10.1. The number of nitrogens with two attached hydrogens (primary N) is 1. The first-order chi connectivity index (χ1) is 10.2. The number of benzene rings is 1. The van der Waals surface area contributed by atoms with E-state index in [1.54, 1.807) is 0 Å². The normalized spacial score (nSPS) is 25.8. The van der Waals surface area contributed by atoms with Gasteiger partial charge in [-0.1, -0.05) is 6.92 Å². The van der Waals surface area contributed by atoms with Gasteiger partial charge >= 0.3 is 0 Å². The smallest absolute Gasteiger partial charge is 0.163 e. The van der Waals surface area contributed by atoms with Crippen molar-refractivity contribution in [1.82, 2.24) is 4.90 Å². The van der Waals surface area contributed by atoms with Crippen LogP contribution in [0.3, 0.4) is 0 Å². The van der Waals surface area contributed by atoms with E-state index in [2.05, 4.69) is 18.7 Å². The molecule has 21 heavy (non-hydrogen) atoms. The van der Waals surface area contributed by atoms with Crippen molar-refractivity contribution in [2.45, 2.75) is 39.0 Å². The van der Waals surface area contributed by atoms with Crippen molar-refractivity contribution in [1.29, 1.82) is 0 Å². The molecule has 0 aliphatic carbocycles. The van der Waals surface area contributed by atoms with Gasteiger partial charge in [0.15, 0.2) is 11.5 Å². The molecule has 0 saturated carbocycles. The molecule has 0 aromatic heterocycles. The minimum atomic E-state index is 0.270. The number of anilines is 1. The third kappa shape index (κ3) is 3.09. The van der Waals surface area contributed by atoms with E-state index >= 15 is 0 Å². The van der Waals surface area contributed by atoms with Crippen molar-refractivity contribution >= 4 is 5.69 Å². The van der Waals surface area contributed by atoms with E-state index < -0.39 is 0 Å². The molecule has 2 heterocycles. The van der Waals surface area contributed by atoms with Gasteiger partial charge in [-0.05, 0) is 25.0 Å². The highest BCUT2D eigenvalue weighted by atomic mass is 16.6. The zero-order valence-electron chi connectivity index (χ0n) is 12.8. The molecular weight excluding hydrogens is 268 g/mol. The highest BCUT2D eigenvalue weighted by Gasteiger charge is 2.26. The molecule has 0 amide bonds. The Morgan fingerprint density at radius 2 is 1.95 bits per heavy atom. The molecule has 5 nitrogen and oxygen atoms in total. The molecule has 2 aliphatic heterocycles. The lowest BCUT2D eigenvalue weighted by Gasteiger charge is -2.38. The second kappa shape index (κ2) is 6.12. The molecule has 0 spiro atoms. The van der Waals surface area contributed by atoms with Crippen LogP contribution in [-0.4, -0.2) is 43.4 Å². The van der Waals surface area contributed by atoms with Gasteiger partial charge in [0.2, 0.25) is 0 Å². The standard InChI is InChI=1S/C16H24N2O3/c1-3-13-10-21-11(2)8-18(13)9-12-6-15-16(7-14(12)17)20-5-4-19-15/h6-7,11,13H,3-5,8-10,17H2,1-2H3. The fourth-order valence-electron chi connectivity index (χ4n) is 2.98. The van der Waals surface area contributed by atoms with Crippen molar-refractivity contribution in [3.8, 4) is 11.5 Å². The Kier molecular flexibility index (Phi) is 4.22. The van der Waals surface area contributed by atoms with Gasteiger partial charge < -0.3 is 19.9 Å². The van der Waals surface area contributed by atoms with E-state index in [-0.39, 0.29) is 6.10 Å². The Bertz CT molecular complexity index is 507. The third-order valence-electron chi connectivity index (χ3n) is 4.23. The summed E-state index contributed by atoms with van der Waals surface area (Å²) in [5, 5.41) is 0. The first-order valence-corrected chi connectivity index (χ1v) is 7.71. The van der Waals surface area contributed by atoms with Crippen LogP contribution >= 0.6 is 0 Å². The second-order valence-corrected chi connectivity index (χ2v) is 5.83. The molecule has 1 fully saturated rings. The van der Waals surface area contributed by atoms with Crippen molar-refractivity contribution in [3.63, 3.8) is 0 Å². The van der Waals surface area contributed by atoms with Crippen LogP contribution in [0.15, 0.2) is 12.1 Å². The van der Waals surface area contributed by atoms with Crippen LogP contribution in [0.1, 0.15) is 25.8 Å². The highest BCUT2D eigenvalue weighted by molar-refractivity contribution is 5.58. The molecule has 2 unspecified atom stereocenters. The summed E-state index contributed by atoms with van der Waals surface area (Å²) in [6.45, 7) is 8.06. The molecule has 2 atom stereocenters. The molecule has 2 N–H and O–H groups in total. The first kappa shape index (κ1) is 14.5. The molecule has 1 saturated heterocycles. The van der Waals surface area contributed by atoms with Gasteiger partial charge in [0.05, 0.1) is 12.7 Å². The van der Waals surface area contributed by atoms with Crippen molar-refractivity contribution in [3.05, 3.63) is 17.7 Å². The van der Waals surface area contributed by atoms with Crippen LogP contribution in [0.4, 0.5) is 5.69 Å². The Morgan fingerprint density at radius 1 is 1.24 bits per heavy atom. The van der Waals surface area contributed by atoms with Crippen LogP contribution in [0.25, 0.3) is 0 Å². The summed E-state index contributed by atoms with van der Waals surface area (Å²) in [5.74, 6) is 1.56. The summed E-state index contributed by atoms with van der Waals surface area (Å²) in [6, 6.07) is 4.36. The SMILES string of the molecule is CCC1COC(C)CN1Cc1cc2c(cc1N)OCCO2. The van der Waals surface area contributed by atoms with Crippen LogP contribution in [0.5, 0.6) is 11.5 Å². The Labute approximate surface area is 126 Å². The molecule has 116 valence electrons. The van der Waals surface area contributed by atoms with Gasteiger partial charge in [0.25, 0.3) is 0 Å². The van der Waals surface area contributed by atoms with Crippen LogP contribution in [0.2, 0.25) is 0 Å². The van der Waals surface area contributed by atoms with Gasteiger partial charge in [-0.25, -0.2) is 0 Å². The Morgan fingerprint density at radius 3 is 2.67 bits per heavy atom. The summed E-state index contributed by atoms with van der Waals surface area (Å²) in [6.07, 6.45) is 1.35. The number of nitrogen functional groups attached to an aromatic ring is 1. The number of hydrogen-bond donors (Lipinski definition) is 1. The van der Waals surface area contributed by atoms with E-state index in [0.29, 0.717) is 19.3 Å². The highest BCUT2D eigenvalue weighted by Crippen LogP contribution is 2.35. The van der Waals surface area contributed by atoms with Gasteiger partial charge in [-0.15, -0.1) is 0 Å². The summed E-state index contributed by atoms with van der Waals surface area (Å²) in [4.78, 5) is 2.45. The lowest BCUT2D eigenvalue weighted by Crippen LogP contribution is -2.47. The van der Waals surface area contributed by atoms with E-state index in [0.717, 1.165) is 48.9 Å². The molecule has 1 aromatic rings. The maximum atomic E-state index is 6.19. The maximum Gasteiger partial charge on any atom is 0.163 e. The van der Waals surface area contributed by atoms with Gasteiger partial charge in [0, 0.05) is 30.9 Å². The third-order valence-corrected chi connectivity index (χ3v) is 4.23. The average Bonchev–Trinajstić information content (AvgIpc) is 2.48. The van der Waals surface area contributed by atoms with E-state index in [1.807, 2.05) is 12.1 Å². The summed E-state index contributed by atoms with van der Waals surface area (Å²) < 4.78 is 17.0. The predicted octanol–water partition coefficient (Wildman–Crippen LogP) is 2.04.